The van der Waals surface area contributed by atoms with E-state index in [0.717, 1.165) is 5.56 Å². The Balaban J connectivity index is 1.47. The summed E-state index contributed by atoms with van der Waals surface area (Å²) in [6.45, 7) is 4.23. The molecule has 0 radical (unpaired) electrons. The molecule has 0 aromatic heterocycles. The molecule has 1 heterocycles. The molecule has 1 aliphatic rings. The van der Waals surface area contributed by atoms with Crippen LogP contribution in [-0.4, -0.2) is 68.8 Å². The number of fused-ring (bicyclic) bond motifs is 1. The van der Waals surface area contributed by atoms with E-state index in [-0.39, 0.29) is 18.4 Å². The number of carbonyl (C=O) groups is 2. The van der Waals surface area contributed by atoms with Crippen LogP contribution in [0, 0.1) is 13.8 Å². The Labute approximate surface area is 263 Å². The SMILES string of the molecule is Cc1ccccc1C(=O)Nc1ccc(C(=O)N2CCCC(OCOP(=O)(O)OCC[N+](C)(C)C)c3cc(Cl)ccc32)c(C)c1. The van der Waals surface area contributed by atoms with Crippen LogP contribution >= 0.6 is 19.4 Å². The quantitative estimate of drug-likeness (QED) is 0.139. The van der Waals surface area contributed by atoms with Crippen LogP contribution in [0.1, 0.15) is 56.4 Å². The molecule has 4 rings (SSSR count). The van der Waals surface area contributed by atoms with Crippen molar-refractivity contribution in [1.82, 2.24) is 0 Å². The van der Waals surface area contributed by atoms with E-state index in [1.165, 1.54) is 0 Å². The van der Waals surface area contributed by atoms with Crippen molar-refractivity contribution in [2.45, 2.75) is 32.8 Å². The minimum absolute atomic E-state index is 0.0513. The Morgan fingerprint density at radius 2 is 1.77 bits per heavy atom. The van der Waals surface area contributed by atoms with Gasteiger partial charge in [-0.05, 0) is 80.3 Å². The lowest BCUT2D eigenvalue weighted by atomic mass is 10.0. The molecule has 2 amide bonds. The summed E-state index contributed by atoms with van der Waals surface area (Å²) < 4.78 is 29.0. The summed E-state index contributed by atoms with van der Waals surface area (Å²) in [7, 11) is 1.53. The summed E-state index contributed by atoms with van der Waals surface area (Å²) in [5, 5.41) is 3.38. The first-order valence-corrected chi connectivity index (χ1v) is 16.2. The molecule has 0 fully saturated rings. The Morgan fingerprint density at radius 3 is 2.48 bits per heavy atom. The second kappa shape index (κ2) is 14.3. The minimum atomic E-state index is -4.31. The maximum absolute atomic E-state index is 13.9. The number of hydrogen-bond donors (Lipinski definition) is 2. The van der Waals surface area contributed by atoms with Crippen molar-refractivity contribution in [3.63, 3.8) is 0 Å². The van der Waals surface area contributed by atoms with Gasteiger partial charge in [0, 0.05) is 39.6 Å². The molecule has 0 saturated carbocycles. The molecule has 0 saturated heterocycles. The molecule has 12 heteroatoms. The van der Waals surface area contributed by atoms with Gasteiger partial charge in [-0.15, -0.1) is 0 Å². The first kappa shape index (κ1) is 33.8. The van der Waals surface area contributed by atoms with Crippen LogP contribution in [0.25, 0.3) is 0 Å². The van der Waals surface area contributed by atoms with Gasteiger partial charge in [-0.3, -0.25) is 18.6 Å². The molecular formula is C32H40ClN3O7P+. The number of aryl methyl sites for hydroxylation is 2. The number of phosphoric ester groups is 1. The lowest BCUT2D eigenvalue weighted by molar-refractivity contribution is -0.870. The van der Waals surface area contributed by atoms with Gasteiger partial charge in [-0.1, -0.05) is 29.8 Å². The average molecular weight is 645 g/mol. The maximum Gasteiger partial charge on any atom is 0.474 e. The van der Waals surface area contributed by atoms with E-state index >= 15 is 0 Å². The summed E-state index contributed by atoms with van der Waals surface area (Å²) in [6.07, 6.45) is 0.595. The van der Waals surface area contributed by atoms with E-state index < -0.39 is 20.7 Å². The third-order valence-electron chi connectivity index (χ3n) is 7.33. The van der Waals surface area contributed by atoms with Crippen LogP contribution in [0.3, 0.4) is 0 Å². The molecule has 44 heavy (non-hydrogen) atoms. The third-order valence-corrected chi connectivity index (χ3v) is 8.50. The zero-order chi connectivity index (χ0) is 32.1. The van der Waals surface area contributed by atoms with Gasteiger partial charge in [-0.25, -0.2) is 4.57 Å². The number of rotatable bonds is 11. The molecule has 236 valence electrons. The number of hydrogen-bond acceptors (Lipinski definition) is 6. The smallest absolute Gasteiger partial charge is 0.347 e. The van der Waals surface area contributed by atoms with Crippen molar-refractivity contribution in [1.29, 1.82) is 0 Å². The number of phosphoric acid groups is 1. The molecule has 0 bridgehead atoms. The predicted molar refractivity (Wildman–Crippen MR) is 171 cm³/mol. The van der Waals surface area contributed by atoms with Gasteiger partial charge < -0.3 is 24.3 Å². The highest BCUT2D eigenvalue weighted by molar-refractivity contribution is 7.47. The third kappa shape index (κ3) is 8.99. The fourth-order valence-electron chi connectivity index (χ4n) is 4.92. The number of quaternary nitrogens is 1. The average Bonchev–Trinajstić information content (AvgIpc) is 3.11. The predicted octanol–water partition coefficient (Wildman–Crippen LogP) is 6.50. The van der Waals surface area contributed by atoms with Gasteiger partial charge in [0.05, 0.1) is 27.2 Å². The van der Waals surface area contributed by atoms with Crippen molar-refractivity contribution in [2.75, 3.05) is 57.8 Å². The second-order valence-electron chi connectivity index (χ2n) is 11.8. The van der Waals surface area contributed by atoms with E-state index in [0.29, 0.717) is 69.1 Å². The highest BCUT2D eigenvalue weighted by Crippen LogP contribution is 2.44. The molecule has 2 N–H and O–H groups in total. The van der Waals surface area contributed by atoms with Crippen molar-refractivity contribution in [3.05, 3.63) is 93.5 Å². The lowest BCUT2D eigenvalue weighted by Crippen LogP contribution is -2.37. The highest BCUT2D eigenvalue weighted by atomic mass is 35.5. The van der Waals surface area contributed by atoms with E-state index in [9.17, 15) is 19.0 Å². The number of ether oxygens (including phenoxy) is 1. The van der Waals surface area contributed by atoms with Gasteiger partial charge in [0.15, 0.2) is 6.79 Å². The topological polar surface area (TPSA) is 114 Å². The van der Waals surface area contributed by atoms with Crippen LogP contribution in [0.15, 0.2) is 60.7 Å². The standard InChI is InChI=1S/C32H39ClN3O7P/c1-22-9-6-7-10-26(22)31(37)34-25-13-14-27(23(2)19-25)32(38)35-16-8-11-30(28-20-24(33)12-15-29(28)35)41-21-43-44(39,40)42-18-17-36(3,4)5/h6-7,9-10,12-15,19-20,30H,8,11,16-18,21H2,1-5H3,(H-,34,37,38,39,40)/p+1. The molecule has 10 nitrogen and oxygen atoms in total. The van der Waals surface area contributed by atoms with Crippen molar-refractivity contribution >= 4 is 42.6 Å². The molecule has 0 aliphatic carbocycles. The number of likely N-dealkylation sites (N-methyl/N-ethyl adjacent to an activating group) is 1. The number of carbonyl (C=O) groups excluding carboxylic acids is 2. The molecule has 2 unspecified atom stereocenters. The molecule has 3 aromatic carbocycles. The summed E-state index contributed by atoms with van der Waals surface area (Å²) in [6, 6.07) is 17.8. The van der Waals surface area contributed by atoms with Gasteiger partial charge >= 0.3 is 7.82 Å². The number of nitrogens with zero attached hydrogens (tertiary/aromatic N) is 2. The van der Waals surface area contributed by atoms with Crippen LogP contribution in [0.4, 0.5) is 11.4 Å². The normalized spacial score (nSPS) is 16.5. The summed E-state index contributed by atoms with van der Waals surface area (Å²) >= 11 is 6.35. The first-order chi connectivity index (χ1) is 20.7. The van der Waals surface area contributed by atoms with Gasteiger partial charge in [0.1, 0.15) is 13.2 Å². The number of anilines is 2. The zero-order valence-electron chi connectivity index (χ0n) is 25.7. The lowest BCUT2D eigenvalue weighted by Gasteiger charge is -2.25. The highest BCUT2D eigenvalue weighted by Gasteiger charge is 2.30. The van der Waals surface area contributed by atoms with Crippen LogP contribution < -0.4 is 10.2 Å². The summed E-state index contributed by atoms with van der Waals surface area (Å²) in [5.74, 6) is -0.423. The Morgan fingerprint density at radius 1 is 1.02 bits per heavy atom. The van der Waals surface area contributed by atoms with Gasteiger partial charge in [0.2, 0.25) is 0 Å². The van der Waals surface area contributed by atoms with E-state index in [4.69, 9.17) is 25.4 Å². The number of benzene rings is 3. The van der Waals surface area contributed by atoms with E-state index in [1.54, 1.807) is 47.4 Å². The largest absolute Gasteiger partial charge is 0.474 e. The second-order valence-corrected chi connectivity index (χ2v) is 13.7. The van der Waals surface area contributed by atoms with Crippen LogP contribution in [0.2, 0.25) is 5.02 Å². The van der Waals surface area contributed by atoms with Gasteiger partial charge in [0.25, 0.3) is 11.8 Å². The molecular weight excluding hydrogens is 605 g/mol. The summed E-state index contributed by atoms with van der Waals surface area (Å²) in [5.41, 5.74) is 4.55. The van der Waals surface area contributed by atoms with E-state index in [2.05, 4.69) is 5.32 Å². The molecule has 1 aliphatic heterocycles. The summed E-state index contributed by atoms with van der Waals surface area (Å²) in [4.78, 5) is 38.5. The van der Waals surface area contributed by atoms with Crippen molar-refractivity contribution in [3.8, 4) is 0 Å². The minimum Gasteiger partial charge on any atom is -0.347 e. The fraction of sp³-hybridized carbons (Fsp3) is 0.375. The van der Waals surface area contributed by atoms with Gasteiger partial charge in [-0.2, -0.15) is 0 Å². The molecule has 3 aromatic rings. The monoisotopic (exact) mass is 644 g/mol. The van der Waals surface area contributed by atoms with Crippen LogP contribution in [0.5, 0.6) is 0 Å². The number of nitrogens with one attached hydrogen (secondary N) is 1. The van der Waals surface area contributed by atoms with Crippen molar-refractivity contribution in [2.24, 2.45) is 0 Å². The van der Waals surface area contributed by atoms with E-state index in [1.807, 2.05) is 53.2 Å². The number of halogens is 1. The first-order valence-electron chi connectivity index (χ1n) is 14.4. The molecule has 0 spiro atoms. The zero-order valence-corrected chi connectivity index (χ0v) is 27.4. The van der Waals surface area contributed by atoms with Crippen LogP contribution in [-0.2, 0) is 18.3 Å². The maximum atomic E-state index is 13.9. The Bertz CT molecular complexity index is 1560. The Hall–Kier alpha value is -3.08. The fourth-order valence-corrected chi connectivity index (χ4v) is 5.68. The van der Waals surface area contributed by atoms with Crippen molar-refractivity contribution < 1.29 is 37.3 Å². The molecule has 2 atom stereocenters. The number of amides is 2. The Kier molecular flexibility index (Phi) is 11.0.